The summed E-state index contributed by atoms with van der Waals surface area (Å²) in [6.45, 7) is 2.20. The molecule has 1 fully saturated rings. The molecule has 0 heterocycles. The summed E-state index contributed by atoms with van der Waals surface area (Å²) in [7, 11) is 0. The van der Waals surface area contributed by atoms with E-state index in [2.05, 4.69) is 17.6 Å². The van der Waals surface area contributed by atoms with Crippen molar-refractivity contribution in [3.63, 3.8) is 0 Å². The van der Waals surface area contributed by atoms with Crippen molar-refractivity contribution in [3.8, 4) is 0 Å². The van der Waals surface area contributed by atoms with Gasteiger partial charge in [0.2, 0.25) is 0 Å². The van der Waals surface area contributed by atoms with Crippen molar-refractivity contribution in [1.82, 2.24) is 5.32 Å². The molecule has 1 aromatic carbocycles. The van der Waals surface area contributed by atoms with E-state index in [-0.39, 0.29) is 12.1 Å². The van der Waals surface area contributed by atoms with Gasteiger partial charge in [0.1, 0.15) is 0 Å². The van der Waals surface area contributed by atoms with Crippen molar-refractivity contribution in [2.45, 2.75) is 32.2 Å². The van der Waals surface area contributed by atoms with Gasteiger partial charge in [0, 0.05) is 11.1 Å². The van der Waals surface area contributed by atoms with Gasteiger partial charge in [-0.2, -0.15) is 0 Å². The number of amides is 2. The van der Waals surface area contributed by atoms with Gasteiger partial charge >= 0.3 is 6.03 Å². The first-order chi connectivity index (χ1) is 8.54. The lowest BCUT2D eigenvalue weighted by Gasteiger charge is -2.14. The molecule has 1 aliphatic carbocycles. The number of carbonyl (C=O) groups is 1. The Morgan fingerprint density at radius 2 is 2.11 bits per heavy atom. The molecule has 98 valence electrons. The Bertz CT molecular complexity index is 451. The monoisotopic (exact) mass is 286 g/mol. The number of rotatable bonds is 2. The largest absolute Gasteiger partial charge is 0.335 e. The van der Waals surface area contributed by atoms with Crippen LogP contribution in [0.25, 0.3) is 0 Å². The summed E-state index contributed by atoms with van der Waals surface area (Å²) in [4.78, 5) is 11.8. The van der Waals surface area contributed by atoms with Gasteiger partial charge in [-0.3, -0.25) is 0 Å². The minimum atomic E-state index is -0.224. The molecule has 18 heavy (non-hydrogen) atoms. The molecule has 1 aromatic rings. The SMILES string of the molecule is CC1CCC(NC(=O)Nc2cc(Cl)ccc2Cl)C1. The molecule has 0 spiro atoms. The Morgan fingerprint density at radius 1 is 1.33 bits per heavy atom. The van der Waals surface area contributed by atoms with Gasteiger partial charge in [-0.05, 0) is 43.4 Å². The molecule has 0 aliphatic heterocycles. The van der Waals surface area contributed by atoms with Crippen molar-refractivity contribution >= 4 is 34.9 Å². The second-order valence-corrected chi connectivity index (χ2v) is 5.68. The zero-order chi connectivity index (χ0) is 13.1. The van der Waals surface area contributed by atoms with E-state index in [1.807, 2.05) is 0 Å². The van der Waals surface area contributed by atoms with E-state index in [4.69, 9.17) is 23.2 Å². The Balaban J connectivity index is 1.92. The Morgan fingerprint density at radius 3 is 2.78 bits per heavy atom. The summed E-state index contributed by atoms with van der Waals surface area (Å²) in [6, 6.07) is 5.03. The fraction of sp³-hybridized carbons (Fsp3) is 0.462. The maximum Gasteiger partial charge on any atom is 0.319 e. The van der Waals surface area contributed by atoms with Crippen LogP contribution in [0.1, 0.15) is 26.2 Å². The number of anilines is 1. The van der Waals surface area contributed by atoms with Crippen LogP contribution >= 0.6 is 23.2 Å². The smallest absolute Gasteiger partial charge is 0.319 e. The third kappa shape index (κ3) is 3.53. The molecule has 3 nitrogen and oxygen atoms in total. The molecule has 2 N–H and O–H groups in total. The predicted octanol–water partition coefficient (Wildman–Crippen LogP) is 4.30. The van der Waals surface area contributed by atoms with E-state index in [1.165, 1.54) is 6.42 Å². The van der Waals surface area contributed by atoms with Crippen LogP contribution < -0.4 is 10.6 Å². The maximum atomic E-state index is 11.8. The van der Waals surface area contributed by atoms with Crippen LogP contribution in [0.15, 0.2) is 18.2 Å². The van der Waals surface area contributed by atoms with Gasteiger partial charge in [-0.1, -0.05) is 30.1 Å². The number of halogens is 2. The summed E-state index contributed by atoms with van der Waals surface area (Å²) >= 11 is 11.8. The van der Waals surface area contributed by atoms with Crippen LogP contribution in [0, 0.1) is 5.92 Å². The molecule has 1 aliphatic rings. The quantitative estimate of drug-likeness (QED) is 0.836. The number of nitrogens with one attached hydrogen (secondary N) is 2. The lowest BCUT2D eigenvalue weighted by atomic mass is 10.1. The highest BCUT2D eigenvalue weighted by Gasteiger charge is 2.22. The van der Waals surface area contributed by atoms with E-state index in [9.17, 15) is 4.79 Å². The Labute approximate surface area is 117 Å². The van der Waals surface area contributed by atoms with E-state index in [0.29, 0.717) is 21.7 Å². The Kier molecular flexibility index (Phi) is 4.36. The first-order valence-electron chi connectivity index (χ1n) is 6.07. The second-order valence-electron chi connectivity index (χ2n) is 4.84. The fourth-order valence-electron chi connectivity index (χ4n) is 2.28. The third-order valence-corrected chi connectivity index (χ3v) is 3.77. The molecular formula is C13H16Cl2N2O. The second kappa shape index (κ2) is 5.81. The van der Waals surface area contributed by atoms with Crippen LogP contribution in [0.2, 0.25) is 10.0 Å². The van der Waals surface area contributed by atoms with Crippen LogP contribution in [0.5, 0.6) is 0 Å². The average Bonchev–Trinajstić information content (AvgIpc) is 2.69. The molecular weight excluding hydrogens is 271 g/mol. The Hall–Kier alpha value is -0.930. The van der Waals surface area contributed by atoms with E-state index in [0.717, 1.165) is 12.8 Å². The number of hydrogen-bond donors (Lipinski definition) is 2. The summed E-state index contributed by atoms with van der Waals surface area (Å²) in [5, 5.41) is 6.71. The molecule has 2 amide bonds. The normalized spacial score (nSPS) is 22.8. The lowest BCUT2D eigenvalue weighted by Crippen LogP contribution is -2.36. The van der Waals surface area contributed by atoms with Crippen LogP contribution in [0.4, 0.5) is 10.5 Å². The standard InChI is InChI=1S/C13H16Cl2N2O/c1-8-2-4-10(6-8)16-13(18)17-12-7-9(14)3-5-11(12)15/h3,5,7-8,10H,2,4,6H2,1H3,(H2,16,17,18). The summed E-state index contributed by atoms with van der Waals surface area (Å²) in [6.07, 6.45) is 3.25. The molecule has 2 atom stereocenters. The molecule has 2 unspecified atom stereocenters. The van der Waals surface area contributed by atoms with Gasteiger partial charge in [-0.15, -0.1) is 0 Å². The average molecular weight is 287 g/mol. The highest BCUT2D eigenvalue weighted by molar-refractivity contribution is 6.35. The summed E-state index contributed by atoms with van der Waals surface area (Å²) < 4.78 is 0. The highest BCUT2D eigenvalue weighted by Crippen LogP contribution is 2.26. The lowest BCUT2D eigenvalue weighted by molar-refractivity contribution is 0.248. The number of urea groups is 1. The number of benzene rings is 1. The number of hydrogen-bond acceptors (Lipinski definition) is 1. The first kappa shape index (κ1) is 13.5. The number of carbonyl (C=O) groups excluding carboxylic acids is 1. The van der Waals surface area contributed by atoms with Crippen molar-refractivity contribution in [2.24, 2.45) is 5.92 Å². The van der Waals surface area contributed by atoms with Gasteiger partial charge in [0.25, 0.3) is 0 Å². The minimum Gasteiger partial charge on any atom is -0.335 e. The summed E-state index contributed by atoms with van der Waals surface area (Å²) in [5.74, 6) is 0.685. The third-order valence-electron chi connectivity index (χ3n) is 3.21. The minimum absolute atomic E-state index is 0.224. The van der Waals surface area contributed by atoms with Gasteiger partial charge in [0.15, 0.2) is 0 Å². The molecule has 0 saturated heterocycles. The van der Waals surface area contributed by atoms with Gasteiger partial charge in [0.05, 0.1) is 10.7 Å². The topological polar surface area (TPSA) is 41.1 Å². The summed E-state index contributed by atoms with van der Waals surface area (Å²) in [5.41, 5.74) is 0.535. The van der Waals surface area contributed by atoms with E-state index < -0.39 is 0 Å². The van der Waals surface area contributed by atoms with E-state index >= 15 is 0 Å². The van der Waals surface area contributed by atoms with Crippen molar-refractivity contribution in [2.75, 3.05) is 5.32 Å². The maximum absolute atomic E-state index is 11.8. The van der Waals surface area contributed by atoms with Gasteiger partial charge in [-0.25, -0.2) is 4.79 Å². The van der Waals surface area contributed by atoms with Crippen molar-refractivity contribution in [3.05, 3.63) is 28.2 Å². The molecule has 5 heteroatoms. The molecule has 0 bridgehead atoms. The zero-order valence-electron chi connectivity index (χ0n) is 10.2. The highest BCUT2D eigenvalue weighted by atomic mass is 35.5. The first-order valence-corrected chi connectivity index (χ1v) is 6.83. The fourth-order valence-corrected chi connectivity index (χ4v) is 2.61. The predicted molar refractivity (Wildman–Crippen MR) is 75.4 cm³/mol. The van der Waals surface area contributed by atoms with Crippen LogP contribution in [-0.2, 0) is 0 Å². The molecule has 0 aromatic heterocycles. The van der Waals surface area contributed by atoms with Crippen LogP contribution in [-0.4, -0.2) is 12.1 Å². The van der Waals surface area contributed by atoms with Gasteiger partial charge < -0.3 is 10.6 Å². The van der Waals surface area contributed by atoms with Crippen molar-refractivity contribution < 1.29 is 4.79 Å². The molecule has 0 radical (unpaired) electrons. The molecule has 2 rings (SSSR count). The van der Waals surface area contributed by atoms with E-state index in [1.54, 1.807) is 18.2 Å². The van der Waals surface area contributed by atoms with Crippen LogP contribution in [0.3, 0.4) is 0 Å². The molecule has 1 saturated carbocycles. The zero-order valence-corrected chi connectivity index (χ0v) is 11.7. The van der Waals surface area contributed by atoms with Crippen molar-refractivity contribution in [1.29, 1.82) is 0 Å².